The molecule has 3 aromatic rings. The summed E-state index contributed by atoms with van der Waals surface area (Å²) < 4.78 is 7.43. The molecule has 0 spiro atoms. The molecule has 0 unspecified atom stereocenters. The number of nitrogens with zero attached hydrogens (tertiary/aromatic N) is 6. The molecule has 1 aliphatic rings. The number of hydrogen-bond acceptors (Lipinski definition) is 6. The highest BCUT2D eigenvalue weighted by atomic mass is 16.5. The first-order valence-electron chi connectivity index (χ1n) is 8.12. The number of aromatic nitrogens is 5. The van der Waals surface area contributed by atoms with Crippen molar-refractivity contribution in [3.05, 3.63) is 53.5 Å². The molecule has 1 saturated heterocycles. The summed E-state index contributed by atoms with van der Waals surface area (Å²) in [5.74, 6) is -0.125. The minimum Gasteiger partial charge on any atom is -0.368 e. The van der Waals surface area contributed by atoms with Gasteiger partial charge in [-0.05, 0) is 19.9 Å². The largest absolute Gasteiger partial charge is 0.368 e. The van der Waals surface area contributed by atoms with Gasteiger partial charge >= 0.3 is 0 Å². The molecule has 1 aliphatic heterocycles. The Balaban J connectivity index is 1.59. The first-order valence-corrected chi connectivity index (χ1v) is 8.12. The molecule has 0 radical (unpaired) electrons. The van der Waals surface area contributed by atoms with E-state index in [9.17, 15) is 4.79 Å². The summed E-state index contributed by atoms with van der Waals surface area (Å²) in [4.78, 5) is 27.4. The van der Waals surface area contributed by atoms with Gasteiger partial charge in [0.15, 0.2) is 11.3 Å². The lowest BCUT2D eigenvalue weighted by atomic mass is 10.2. The van der Waals surface area contributed by atoms with E-state index in [0.29, 0.717) is 31.0 Å². The predicted molar refractivity (Wildman–Crippen MR) is 89.1 cm³/mol. The zero-order chi connectivity index (χ0) is 17.4. The van der Waals surface area contributed by atoms with Gasteiger partial charge in [0.25, 0.3) is 5.91 Å². The Morgan fingerprint density at radius 3 is 2.96 bits per heavy atom. The fraction of sp³-hybridized carbons (Fsp3) is 0.353. The van der Waals surface area contributed by atoms with Gasteiger partial charge in [0.2, 0.25) is 0 Å². The smallest absolute Gasteiger partial charge is 0.274 e. The van der Waals surface area contributed by atoms with Crippen LogP contribution < -0.4 is 0 Å². The van der Waals surface area contributed by atoms with Gasteiger partial charge in [-0.1, -0.05) is 0 Å². The van der Waals surface area contributed by atoms with Gasteiger partial charge in [-0.15, -0.1) is 0 Å². The summed E-state index contributed by atoms with van der Waals surface area (Å²) in [7, 11) is 0. The predicted octanol–water partition coefficient (Wildman–Crippen LogP) is 1.35. The normalized spacial score (nSPS) is 17.8. The molecule has 8 nitrogen and oxygen atoms in total. The molecule has 4 rings (SSSR count). The zero-order valence-electron chi connectivity index (χ0n) is 14.1. The van der Waals surface area contributed by atoms with Crippen LogP contribution in [0.15, 0.2) is 30.7 Å². The number of fused-ring (bicyclic) bond motifs is 1. The Kier molecular flexibility index (Phi) is 3.89. The van der Waals surface area contributed by atoms with Gasteiger partial charge in [0, 0.05) is 36.4 Å². The second-order valence-electron chi connectivity index (χ2n) is 6.08. The number of morpholine rings is 1. The number of amides is 1. The maximum Gasteiger partial charge on any atom is 0.274 e. The molecule has 3 aromatic heterocycles. The summed E-state index contributed by atoms with van der Waals surface area (Å²) in [6.07, 6.45) is 4.63. The summed E-state index contributed by atoms with van der Waals surface area (Å²) in [5.41, 5.74) is 3.64. The van der Waals surface area contributed by atoms with E-state index in [4.69, 9.17) is 4.74 Å². The third kappa shape index (κ3) is 2.96. The fourth-order valence-corrected chi connectivity index (χ4v) is 3.04. The lowest BCUT2D eigenvalue weighted by molar-refractivity contribution is -0.0250. The molecule has 0 saturated carbocycles. The average Bonchev–Trinajstić information content (AvgIpc) is 3.06. The molecule has 0 aliphatic carbocycles. The van der Waals surface area contributed by atoms with E-state index in [1.807, 2.05) is 19.9 Å². The molecular formula is C17H18N6O2. The highest BCUT2D eigenvalue weighted by Crippen LogP contribution is 2.21. The molecule has 1 fully saturated rings. The lowest BCUT2D eigenvalue weighted by Crippen LogP contribution is -2.42. The number of carbonyl (C=O) groups excluding carboxylic acids is 1. The monoisotopic (exact) mass is 338 g/mol. The van der Waals surface area contributed by atoms with E-state index < -0.39 is 0 Å². The Labute approximate surface area is 144 Å². The van der Waals surface area contributed by atoms with Crippen molar-refractivity contribution in [1.29, 1.82) is 0 Å². The lowest BCUT2D eigenvalue weighted by Gasteiger charge is -2.32. The van der Waals surface area contributed by atoms with Crippen LogP contribution in [0.5, 0.6) is 0 Å². The maximum absolute atomic E-state index is 12.9. The molecule has 1 atom stereocenters. The van der Waals surface area contributed by atoms with Crippen LogP contribution in [0, 0.1) is 13.8 Å². The van der Waals surface area contributed by atoms with E-state index in [-0.39, 0.29) is 12.0 Å². The maximum atomic E-state index is 12.9. The molecule has 1 amide bonds. The van der Waals surface area contributed by atoms with E-state index in [1.54, 1.807) is 34.1 Å². The standard InChI is InChI=1S/C17H18N6O2/c1-11-7-12(2)23-16(20-11)8-13(21-23)17(24)22-5-6-25-15(10-22)14-9-18-3-4-19-14/h3-4,7-9,15H,5-6,10H2,1-2H3/t15-/m0/s1. The van der Waals surface area contributed by atoms with Gasteiger partial charge in [-0.2, -0.15) is 5.10 Å². The fourth-order valence-electron chi connectivity index (χ4n) is 3.04. The molecule has 25 heavy (non-hydrogen) atoms. The van der Waals surface area contributed by atoms with Gasteiger partial charge in [-0.25, -0.2) is 9.50 Å². The van der Waals surface area contributed by atoms with Gasteiger partial charge in [0.1, 0.15) is 6.10 Å². The molecule has 128 valence electrons. The average molecular weight is 338 g/mol. The topological polar surface area (TPSA) is 85.5 Å². The summed E-state index contributed by atoms with van der Waals surface area (Å²) in [5, 5.41) is 4.42. The van der Waals surface area contributed by atoms with Gasteiger partial charge in [-0.3, -0.25) is 14.8 Å². The number of ether oxygens (including phenoxy) is 1. The van der Waals surface area contributed by atoms with E-state index in [2.05, 4.69) is 20.1 Å². The summed E-state index contributed by atoms with van der Waals surface area (Å²) >= 11 is 0. The van der Waals surface area contributed by atoms with Crippen molar-refractivity contribution in [1.82, 2.24) is 29.5 Å². The Morgan fingerprint density at radius 2 is 2.16 bits per heavy atom. The Hall–Kier alpha value is -2.87. The van der Waals surface area contributed by atoms with Crippen LogP contribution >= 0.6 is 0 Å². The van der Waals surface area contributed by atoms with Crippen LogP contribution in [-0.2, 0) is 4.74 Å². The second kappa shape index (κ2) is 6.21. The Bertz CT molecular complexity index is 924. The SMILES string of the molecule is Cc1cc(C)n2nc(C(=O)N3CCO[C@H](c4cnccn4)C3)cc2n1. The van der Waals surface area contributed by atoms with Gasteiger partial charge < -0.3 is 9.64 Å². The summed E-state index contributed by atoms with van der Waals surface area (Å²) in [6, 6.07) is 3.67. The van der Waals surface area contributed by atoms with Crippen LogP contribution in [0.3, 0.4) is 0 Å². The highest BCUT2D eigenvalue weighted by molar-refractivity contribution is 5.93. The quantitative estimate of drug-likeness (QED) is 0.701. The van der Waals surface area contributed by atoms with Crippen LogP contribution in [0.1, 0.15) is 33.7 Å². The minimum atomic E-state index is -0.273. The van der Waals surface area contributed by atoms with Crippen molar-refractivity contribution in [3.63, 3.8) is 0 Å². The molecule has 0 bridgehead atoms. The Morgan fingerprint density at radius 1 is 1.28 bits per heavy atom. The third-order valence-electron chi connectivity index (χ3n) is 4.22. The van der Waals surface area contributed by atoms with Crippen molar-refractivity contribution >= 4 is 11.6 Å². The molecule has 4 heterocycles. The van der Waals surface area contributed by atoms with Crippen molar-refractivity contribution < 1.29 is 9.53 Å². The van der Waals surface area contributed by atoms with Crippen LogP contribution in [0.2, 0.25) is 0 Å². The van der Waals surface area contributed by atoms with Crippen molar-refractivity contribution in [2.45, 2.75) is 20.0 Å². The molecule has 8 heteroatoms. The van der Waals surface area contributed by atoms with E-state index >= 15 is 0 Å². The number of aryl methyl sites for hydroxylation is 2. The second-order valence-corrected chi connectivity index (χ2v) is 6.08. The number of hydrogen-bond donors (Lipinski definition) is 0. The van der Waals surface area contributed by atoms with E-state index in [0.717, 1.165) is 17.1 Å². The first kappa shape index (κ1) is 15.6. The van der Waals surface area contributed by atoms with E-state index in [1.165, 1.54) is 0 Å². The molecular weight excluding hydrogens is 320 g/mol. The van der Waals surface area contributed by atoms with Crippen LogP contribution in [0.25, 0.3) is 5.65 Å². The molecule has 0 N–H and O–H groups in total. The highest BCUT2D eigenvalue weighted by Gasteiger charge is 2.28. The number of carbonyl (C=O) groups is 1. The van der Waals surface area contributed by atoms with Crippen molar-refractivity contribution in [2.75, 3.05) is 19.7 Å². The first-order chi connectivity index (χ1) is 12.1. The van der Waals surface area contributed by atoms with Crippen molar-refractivity contribution in [2.24, 2.45) is 0 Å². The molecule has 0 aromatic carbocycles. The van der Waals surface area contributed by atoms with Crippen LogP contribution in [0.4, 0.5) is 0 Å². The minimum absolute atomic E-state index is 0.125. The third-order valence-corrected chi connectivity index (χ3v) is 4.22. The van der Waals surface area contributed by atoms with Gasteiger partial charge in [0.05, 0.1) is 25.0 Å². The van der Waals surface area contributed by atoms with Crippen molar-refractivity contribution in [3.8, 4) is 0 Å². The summed E-state index contributed by atoms with van der Waals surface area (Å²) in [6.45, 7) is 5.28. The van der Waals surface area contributed by atoms with Crippen LogP contribution in [-0.4, -0.2) is 55.1 Å². The number of rotatable bonds is 2. The zero-order valence-corrected chi connectivity index (χ0v) is 14.1.